The number of amides is 1. The van der Waals surface area contributed by atoms with Gasteiger partial charge in [0, 0.05) is 24.5 Å². The van der Waals surface area contributed by atoms with Gasteiger partial charge in [-0.05, 0) is 24.3 Å². The first-order valence-corrected chi connectivity index (χ1v) is 5.87. The number of para-hydroxylation sites is 1. The molecule has 5 heteroatoms. The maximum atomic E-state index is 11.6. The van der Waals surface area contributed by atoms with E-state index < -0.39 is 0 Å². The average molecular weight is 257 g/mol. The van der Waals surface area contributed by atoms with E-state index >= 15 is 0 Å². The second-order valence-corrected chi connectivity index (χ2v) is 4.14. The molecule has 0 unspecified atom stereocenters. The zero-order valence-electron chi connectivity index (χ0n) is 10.6. The summed E-state index contributed by atoms with van der Waals surface area (Å²) in [5.74, 6) is -0.0728. The van der Waals surface area contributed by atoms with Crippen LogP contribution in [0.5, 0.6) is 5.75 Å². The van der Waals surface area contributed by atoms with Gasteiger partial charge in [0.25, 0.3) is 0 Å². The molecule has 0 aliphatic carbocycles. The number of rotatable bonds is 4. The molecule has 2 rings (SSSR count). The maximum Gasteiger partial charge on any atom is 0.245 e. The van der Waals surface area contributed by atoms with Crippen LogP contribution in [0.25, 0.3) is 0 Å². The smallest absolute Gasteiger partial charge is 0.245 e. The Morgan fingerprint density at radius 3 is 2.84 bits per heavy atom. The van der Waals surface area contributed by atoms with Crippen molar-refractivity contribution in [2.75, 3.05) is 0 Å². The SMILES string of the molecule is Cn1cccc1CC(=O)N/N=C\c1ccccc1O. The van der Waals surface area contributed by atoms with Crippen molar-refractivity contribution in [1.82, 2.24) is 9.99 Å². The quantitative estimate of drug-likeness (QED) is 0.642. The largest absolute Gasteiger partial charge is 0.507 e. The van der Waals surface area contributed by atoms with Crippen molar-refractivity contribution < 1.29 is 9.90 Å². The van der Waals surface area contributed by atoms with Gasteiger partial charge in [-0.25, -0.2) is 5.43 Å². The highest BCUT2D eigenvalue weighted by molar-refractivity contribution is 5.85. The van der Waals surface area contributed by atoms with Crippen molar-refractivity contribution in [3.8, 4) is 5.75 Å². The Hall–Kier alpha value is -2.56. The summed E-state index contributed by atoms with van der Waals surface area (Å²) >= 11 is 0. The van der Waals surface area contributed by atoms with Crippen molar-refractivity contribution in [1.29, 1.82) is 0 Å². The summed E-state index contributed by atoms with van der Waals surface area (Å²) in [5, 5.41) is 13.3. The van der Waals surface area contributed by atoms with Crippen molar-refractivity contribution in [3.05, 3.63) is 53.9 Å². The summed E-state index contributed by atoms with van der Waals surface area (Å²) < 4.78 is 1.88. The summed E-state index contributed by atoms with van der Waals surface area (Å²) in [7, 11) is 1.88. The van der Waals surface area contributed by atoms with Crippen molar-refractivity contribution in [2.45, 2.75) is 6.42 Å². The molecule has 0 radical (unpaired) electrons. The molecule has 98 valence electrons. The zero-order valence-corrected chi connectivity index (χ0v) is 10.6. The van der Waals surface area contributed by atoms with Crippen molar-refractivity contribution >= 4 is 12.1 Å². The van der Waals surface area contributed by atoms with Crippen LogP contribution in [0.4, 0.5) is 0 Å². The number of aromatic nitrogens is 1. The summed E-state index contributed by atoms with van der Waals surface area (Å²) in [6.45, 7) is 0. The molecule has 0 fully saturated rings. The highest BCUT2D eigenvalue weighted by Crippen LogP contribution is 2.12. The minimum Gasteiger partial charge on any atom is -0.507 e. The number of carbonyl (C=O) groups excluding carboxylic acids is 1. The lowest BCUT2D eigenvalue weighted by Crippen LogP contribution is -2.20. The Labute approximate surface area is 111 Å². The van der Waals surface area contributed by atoms with Crippen LogP contribution in [0.1, 0.15) is 11.3 Å². The molecule has 1 heterocycles. The number of phenolic OH excluding ortho intramolecular Hbond substituents is 1. The first-order valence-electron chi connectivity index (χ1n) is 5.87. The number of benzene rings is 1. The van der Waals surface area contributed by atoms with E-state index in [1.165, 1.54) is 6.21 Å². The first kappa shape index (κ1) is 12.9. The van der Waals surface area contributed by atoms with Gasteiger partial charge in [0.2, 0.25) is 5.91 Å². The molecule has 1 amide bonds. The van der Waals surface area contributed by atoms with E-state index in [1.54, 1.807) is 24.3 Å². The predicted octanol–water partition coefficient (Wildman–Crippen LogP) is 1.42. The van der Waals surface area contributed by atoms with Gasteiger partial charge in [-0.15, -0.1) is 0 Å². The minimum absolute atomic E-state index is 0.128. The second-order valence-electron chi connectivity index (χ2n) is 4.14. The Balaban J connectivity index is 1.91. The van der Waals surface area contributed by atoms with E-state index in [4.69, 9.17) is 0 Å². The number of phenols is 1. The molecular formula is C14H15N3O2. The lowest BCUT2D eigenvalue weighted by Gasteiger charge is -2.02. The van der Waals surface area contributed by atoms with Crippen LogP contribution in [0, 0.1) is 0 Å². The van der Waals surface area contributed by atoms with Gasteiger partial charge in [-0.2, -0.15) is 5.10 Å². The molecule has 0 bridgehead atoms. The number of nitrogens with zero attached hydrogens (tertiary/aromatic N) is 2. The summed E-state index contributed by atoms with van der Waals surface area (Å²) in [4.78, 5) is 11.6. The van der Waals surface area contributed by atoms with Crippen molar-refractivity contribution in [3.63, 3.8) is 0 Å². The minimum atomic E-state index is -0.200. The number of aryl methyl sites for hydroxylation is 1. The van der Waals surface area contributed by atoms with Gasteiger partial charge in [0.1, 0.15) is 5.75 Å². The lowest BCUT2D eigenvalue weighted by atomic mass is 10.2. The van der Waals surface area contributed by atoms with E-state index in [9.17, 15) is 9.90 Å². The fourth-order valence-electron chi connectivity index (χ4n) is 1.65. The van der Waals surface area contributed by atoms with Crippen LogP contribution < -0.4 is 5.43 Å². The number of hydrogen-bond acceptors (Lipinski definition) is 3. The van der Waals surface area contributed by atoms with Gasteiger partial charge in [-0.1, -0.05) is 12.1 Å². The highest BCUT2D eigenvalue weighted by Gasteiger charge is 2.04. The van der Waals surface area contributed by atoms with Gasteiger partial charge in [0.05, 0.1) is 12.6 Å². The summed E-state index contributed by atoms with van der Waals surface area (Å²) in [6.07, 6.45) is 3.56. The maximum absolute atomic E-state index is 11.6. The van der Waals surface area contributed by atoms with E-state index in [0.29, 0.717) is 5.56 Å². The van der Waals surface area contributed by atoms with E-state index in [0.717, 1.165) is 5.69 Å². The normalized spacial score (nSPS) is 10.8. The molecule has 2 N–H and O–H groups in total. The number of nitrogens with one attached hydrogen (secondary N) is 1. The molecule has 2 aromatic rings. The third-order valence-electron chi connectivity index (χ3n) is 2.72. The fraction of sp³-hybridized carbons (Fsp3) is 0.143. The van der Waals surface area contributed by atoms with Crippen LogP contribution in [-0.2, 0) is 18.3 Å². The van der Waals surface area contributed by atoms with Gasteiger partial charge < -0.3 is 9.67 Å². The molecule has 1 aromatic carbocycles. The number of aromatic hydroxyl groups is 1. The van der Waals surface area contributed by atoms with E-state index in [2.05, 4.69) is 10.5 Å². The van der Waals surface area contributed by atoms with E-state index in [1.807, 2.05) is 29.9 Å². The van der Waals surface area contributed by atoms with Crippen LogP contribution >= 0.6 is 0 Å². The van der Waals surface area contributed by atoms with Crippen LogP contribution in [0.2, 0.25) is 0 Å². The van der Waals surface area contributed by atoms with Gasteiger partial charge in [-0.3, -0.25) is 4.79 Å². The standard InChI is InChI=1S/C14H15N3O2/c1-17-8-4-6-12(17)9-14(19)16-15-10-11-5-2-3-7-13(11)18/h2-8,10,18H,9H2,1H3,(H,16,19)/b15-10-. The molecule has 0 aliphatic rings. The third-order valence-corrected chi connectivity index (χ3v) is 2.72. The molecular weight excluding hydrogens is 242 g/mol. The Kier molecular flexibility index (Phi) is 3.97. The predicted molar refractivity (Wildman–Crippen MR) is 73.0 cm³/mol. The molecule has 5 nitrogen and oxygen atoms in total. The number of hydrazone groups is 1. The first-order chi connectivity index (χ1) is 9.16. The lowest BCUT2D eigenvalue weighted by molar-refractivity contribution is -0.120. The number of hydrogen-bond donors (Lipinski definition) is 2. The molecule has 0 aliphatic heterocycles. The molecule has 1 aromatic heterocycles. The van der Waals surface area contributed by atoms with Gasteiger partial charge >= 0.3 is 0 Å². The third kappa shape index (κ3) is 3.45. The topological polar surface area (TPSA) is 66.6 Å². The summed E-state index contributed by atoms with van der Waals surface area (Å²) in [5.41, 5.74) is 3.90. The van der Waals surface area contributed by atoms with Crippen LogP contribution in [0.3, 0.4) is 0 Å². The van der Waals surface area contributed by atoms with Gasteiger partial charge in [0.15, 0.2) is 0 Å². The second kappa shape index (κ2) is 5.86. The highest BCUT2D eigenvalue weighted by atomic mass is 16.3. The van der Waals surface area contributed by atoms with Crippen LogP contribution in [-0.4, -0.2) is 21.8 Å². The molecule has 0 saturated heterocycles. The number of carbonyl (C=O) groups is 1. The Bertz CT molecular complexity index is 602. The molecule has 19 heavy (non-hydrogen) atoms. The van der Waals surface area contributed by atoms with Crippen LogP contribution in [0.15, 0.2) is 47.7 Å². The molecule has 0 saturated carbocycles. The molecule has 0 atom stereocenters. The monoisotopic (exact) mass is 257 g/mol. The van der Waals surface area contributed by atoms with E-state index in [-0.39, 0.29) is 18.1 Å². The Morgan fingerprint density at radius 1 is 1.37 bits per heavy atom. The average Bonchev–Trinajstić information content (AvgIpc) is 2.77. The molecule has 0 spiro atoms. The Morgan fingerprint density at radius 2 is 2.16 bits per heavy atom. The fourth-order valence-corrected chi connectivity index (χ4v) is 1.65. The van der Waals surface area contributed by atoms with Crippen molar-refractivity contribution in [2.24, 2.45) is 12.1 Å². The zero-order chi connectivity index (χ0) is 13.7. The summed E-state index contributed by atoms with van der Waals surface area (Å²) in [6, 6.07) is 10.5.